The maximum Gasteiger partial charge on any atom is 0.164 e. The largest absolute Gasteiger partial charge is 0.294 e. The van der Waals surface area contributed by atoms with Crippen LogP contribution in [0.1, 0.15) is 41.8 Å². The number of hydrogen-bond donors (Lipinski definition) is 0. The van der Waals surface area contributed by atoms with Crippen LogP contribution in [-0.2, 0) is 5.41 Å². The molecule has 1 aliphatic carbocycles. The lowest BCUT2D eigenvalue weighted by Gasteiger charge is -2.18. The van der Waals surface area contributed by atoms with Gasteiger partial charge < -0.3 is 0 Å². The molecular weight excluding hydrogens is 232 g/mol. The maximum absolute atomic E-state index is 12.0. The minimum absolute atomic E-state index is 0.0346. The van der Waals surface area contributed by atoms with Gasteiger partial charge in [0.05, 0.1) is 0 Å². The van der Waals surface area contributed by atoms with Crippen molar-refractivity contribution in [1.29, 1.82) is 0 Å². The van der Waals surface area contributed by atoms with Crippen LogP contribution in [0.3, 0.4) is 0 Å². The van der Waals surface area contributed by atoms with Crippen LogP contribution in [0.2, 0.25) is 0 Å². The molecule has 0 bridgehead atoms. The summed E-state index contributed by atoms with van der Waals surface area (Å²) in [6.45, 7) is 6.39. The Bertz CT molecular complexity index is 648. The molecule has 1 nitrogen and oxygen atoms in total. The highest BCUT2D eigenvalue weighted by molar-refractivity contribution is 6.02. The van der Waals surface area contributed by atoms with Crippen molar-refractivity contribution in [2.45, 2.75) is 32.6 Å². The van der Waals surface area contributed by atoms with E-state index >= 15 is 0 Å². The molecule has 0 aromatic heterocycles. The van der Waals surface area contributed by atoms with Crippen molar-refractivity contribution in [2.24, 2.45) is 0 Å². The molecule has 0 N–H and O–H groups in total. The molecule has 2 aromatic carbocycles. The highest BCUT2D eigenvalue weighted by Crippen LogP contribution is 2.40. The summed E-state index contributed by atoms with van der Waals surface area (Å²) in [6, 6.07) is 14.8. The van der Waals surface area contributed by atoms with E-state index in [1.54, 1.807) is 0 Å². The monoisotopic (exact) mass is 250 g/mol. The SMILES string of the molecule is Cc1ccc(-c2ccc3c(c2)C(C)(C)CC3=O)cc1. The number of ketones is 1. The number of fused-ring (bicyclic) bond motifs is 1. The zero-order valence-electron chi connectivity index (χ0n) is 11.7. The summed E-state index contributed by atoms with van der Waals surface area (Å²) in [6.07, 6.45) is 0.625. The number of benzene rings is 2. The van der Waals surface area contributed by atoms with E-state index in [0.717, 1.165) is 5.56 Å². The van der Waals surface area contributed by atoms with Crippen LogP contribution >= 0.6 is 0 Å². The summed E-state index contributed by atoms with van der Waals surface area (Å²) in [5, 5.41) is 0. The smallest absolute Gasteiger partial charge is 0.164 e. The summed E-state index contributed by atoms with van der Waals surface area (Å²) >= 11 is 0. The van der Waals surface area contributed by atoms with Crippen LogP contribution in [0, 0.1) is 6.92 Å². The third-order valence-corrected chi connectivity index (χ3v) is 4.04. The molecule has 2 aromatic rings. The van der Waals surface area contributed by atoms with Gasteiger partial charge in [0.2, 0.25) is 0 Å². The predicted octanol–water partition coefficient (Wildman–Crippen LogP) is 4.53. The van der Waals surface area contributed by atoms with Crippen molar-refractivity contribution in [2.75, 3.05) is 0 Å². The highest BCUT2D eigenvalue weighted by atomic mass is 16.1. The van der Waals surface area contributed by atoms with Gasteiger partial charge in [-0.05, 0) is 35.1 Å². The van der Waals surface area contributed by atoms with Gasteiger partial charge in [0.1, 0.15) is 0 Å². The Hall–Kier alpha value is -1.89. The van der Waals surface area contributed by atoms with Crippen LogP contribution in [0.5, 0.6) is 0 Å². The molecule has 0 unspecified atom stereocenters. The van der Waals surface area contributed by atoms with Crippen molar-refractivity contribution in [3.63, 3.8) is 0 Å². The Balaban J connectivity index is 2.12. The zero-order chi connectivity index (χ0) is 13.6. The summed E-state index contributed by atoms with van der Waals surface area (Å²) in [5.74, 6) is 0.274. The predicted molar refractivity (Wildman–Crippen MR) is 78.6 cm³/mol. The van der Waals surface area contributed by atoms with E-state index in [9.17, 15) is 4.79 Å². The van der Waals surface area contributed by atoms with Gasteiger partial charge in [-0.2, -0.15) is 0 Å². The average Bonchev–Trinajstić information content (AvgIpc) is 2.60. The lowest BCUT2D eigenvalue weighted by molar-refractivity contribution is 0.0979. The topological polar surface area (TPSA) is 17.1 Å². The second-order valence-corrected chi connectivity index (χ2v) is 6.11. The molecule has 19 heavy (non-hydrogen) atoms. The van der Waals surface area contributed by atoms with Crippen molar-refractivity contribution in [1.82, 2.24) is 0 Å². The van der Waals surface area contributed by atoms with E-state index in [-0.39, 0.29) is 11.2 Å². The average molecular weight is 250 g/mol. The Morgan fingerprint density at radius 2 is 1.58 bits per heavy atom. The molecule has 0 heterocycles. The lowest BCUT2D eigenvalue weighted by atomic mass is 9.85. The summed E-state index contributed by atoms with van der Waals surface area (Å²) in [7, 11) is 0. The zero-order valence-corrected chi connectivity index (χ0v) is 11.7. The van der Waals surface area contributed by atoms with Gasteiger partial charge in [0, 0.05) is 12.0 Å². The van der Waals surface area contributed by atoms with E-state index in [1.165, 1.54) is 22.3 Å². The first-order valence-corrected chi connectivity index (χ1v) is 6.72. The van der Waals surface area contributed by atoms with Crippen molar-refractivity contribution < 1.29 is 4.79 Å². The second-order valence-electron chi connectivity index (χ2n) is 6.11. The Labute approximate surface area is 114 Å². The van der Waals surface area contributed by atoms with Crippen molar-refractivity contribution in [3.05, 3.63) is 59.2 Å². The molecule has 96 valence electrons. The molecule has 0 amide bonds. The third-order valence-electron chi connectivity index (χ3n) is 4.04. The minimum atomic E-state index is -0.0346. The van der Waals surface area contributed by atoms with Crippen molar-refractivity contribution >= 4 is 5.78 Å². The van der Waals surface area contributed by atoms with Crippen LogP contribution in [0.25, 0.3) is 11.1 Å². The van der Waals surface area contributed by atoms with Gasteiger partial charge in [-0.25, -0.2) is 0 Å². The second kappa shape index (κ2) is 4.06. The van der Waals surface area contributed by atoms with E-state index < -0.39 is 0 Å². The molecule has 0 spiro atoms. The van der Waals surface area contributed by atoms with Gasteiger partial charge in [-0.15, -0.1) is 0 Å². The number of Topliss-reactive ketones (excluding diaryl/α,β-unsaturated/α-hetero) is 1. The van der Waals surface area contributed by atoms with Gasteiger partial charge >= 0.3 is 0 Å². The number of aryl methyl sites for hydroxylation is 1. The van der Waals surface area contributed by atoms with Crippen LogP contribution in [0.4, 0.5) is 0 Å². The molecular formula is C18H18O. The first kappa shape index (κ1) is 12.2. The Morgan fingerprint density at radius 1 is 0.947 bits per heavy atom. The molecule has 0 aliphatic heterocycles. The molecule has 3 rings (SSSR count). The van der Waals surface area contributed by atoms with Crippen LogP contribution in [-0.4, -0.2) is 5.78 Å². The quantitative estimate of drug-likeness (QED) is 0.727. The first-order chi connectivity index (χ1) is 8.97. The van der Waals surface area contributed by atoms with Gasteiger partial charge in [0.25, 0.3) is 0 Å². The van der Waals surface area contributed by atoms with E-state index in [2.05, 4.69) is 57.2 Å². The fraction of sp³-hybridized carbons (Fsp3) is 0.278. The highest BCUT2D eigenvalue weighted by Gasteiger charge is 2.35. The van der Waals surface area contributed by atoms with E-state index in [0.29, 0.717) is 6.42 Å². The van der Waals surface area contributed by atoms with Gasteiger partial charge in [-0.3, -0.25) is 4.79 Å². The van der Waals surface area contributed by atoms with E-state index in [4.69, 9.17) is 0 Å². The number of rotatable bonds is 1. The fourth-order valence-electron chi connectivity index (χ4n) is 2.86. The van der Waals surface area contributed by atoms with Gasteiger partial charge in [0.15, 0.2) is 5.78 Å². The molecule has 1 heteroatoms. The first-order valence-electron chi connectivity index (χ1n) is 6.72. The molecule has 0 radical (unpaired) electrons. The minimum Gasteiger partial charge on any atom is -0.294 e. The lowest BCUT2D eigenvalue weighted by Crippen LogP contribution is -2.12. The summed E-state index contributed by atoms with van der Waals surface area (Å²) in [5.41, 5.74) is 5.73. The molecule has 1 aliphatic rings. The summed E-state index contributed by atoms with van der Waals surface area (Å²) in [4.78, 5) is 12.0. The van der Waals surface area contributed by atoms with Gasteiger partial charge in [-0.1, -0.05) is 55.8 Å². The summed E-state index contributed by atoms with van der Waals surface area (Å²) < 4.78 is 0. The van der Waals surface area contributed by atoms with Crippen LogP contribution < -0.4 is 0 Å². The normalized spacial score (nSPS) is 16.5. The third kappa shape index (κ3) is 1.99. The van der Waals surface area contributed by atoms with Crippen LogP contribution in [0.15, 0.2) is 42.5 Å². The fourth-order valence-corrected chi connectivity index (χ4v) is 2.86. The van der Waals surface area contributed by atoms with E-state index in [1.807, 2.05) is 6.07 Å². The van der Waals surface area contributed by atoms with Crippen molar-refractivity contribution in [3.8, 4) is 11.1 Å². The number of hydrogen-bond acceptors (Lipinski definition) is 1. The Morgan fingerprint density at radius 3 is 2.26 bits per heavy atom. The maximum atomic E-state index is 12.0. The number of carbonyl (C=O) groups is 1. The standard InChI is InChI=1S/C18H18O/c1-12-4-6-13(7-5-12)14-8-9-15-16(10-14)18(2,3)11-17(15)19/h4-10H,11H2,1-3H3. The Kier molecular flexibility index (Phi) is 2.60. The number of carbonyl (C=O) groups excluding carboxylic acids is 1. The molecule has 0 saturated heterocycles. The molecule has 0 atom stereocenters. The molecule has 0 fully saturated rings. The molecule has 0 saturated carbocycles.